The molecule has 1 unspecified atom stereocenters. The van der Waals surface area contributed by atoms with E-state index >= 15 is 0 Å². The number of hydrogen-bond donors (Lipinski definition) is 2. The molecule has 1 amide bonds. The predicted octanol–water partition coefficient (Wildman–Crippen LogP) is 3.01. The number of nitrogens with zero attached hydrogens (tertiary/aromatic N) is 1. The van der Waals surface area contributed by atoms with Crippen molar-refractivity contribution in [1.29, 1.82) is 0 Å². The number of rotatable bonds is 6. The minimum absolute atomic E-state index is 0.100. The van der Waals surface area contributed by atoms with Crippen molar-refractivity contribution in [3.8, 4) is 0 Å². The fourth-order valence-corrected chi connectivity index (χ4v) is 3.41. The number of carboxylic acids is 1. The van der Waals surface area contributed by atoms with E-state index in [0.717, 1.165) is 30.6 Å². The number of nitrogens with one attached hydrogen (secondary N) is 1. The molecule has 5 nitrogen and oxygen atoms in total. The summed E-state index contributed by atoms with van der Waals surface area (Å²) in [7, 11) is 0. The Balaban J connectivity index is 1.62. The molecule has 0 bridgehead atoms. The SMILES string of the molecule is O=C(CN1CCCC(C(=O)O)C1)Nc1ccccc1Cc1ccccc1. The van der Waals surface area contributed by atoms with Crippen LogP contribution in [0, 0.1) is 5.92 Å². The Bertz CT molecular complexity index is 761. The van der Waals surface area contributed by atoms with E-state index in [1.807, 2.05) is 47.4 Å². The summed E-state index contributed by atoms with van der Waals surface area (Å²) in [5.74, 6) is -1.25. The molecule has 0 aromatic heterocycles. The lowest BCUT2D eigenvalue weighted by Crippen LogP contribution is -2.42. The Morgan fingerprint density at radius 3 is 2.58 bits per heavy atom. The van der Waals surface area contributed by atoms with E-state index in [1.54, 1.807) is 0 Å². The van der Waals surface area contributed by atoms with E-state index in [9.17, 15) is 14.7 Å². The maximum Gasteiger partial charge on any atom is 0.307 e. The van der Waals surface area contributed by atoms with Gasteiger partial charge in [-0.3, -0.25) is 14.5 Å². The Labute approximate surface area is 153 Å². The van der Waals surface area contributed by atoms with E-state index in [2.05, 4.69) is 17.4 Å². The number of aliphatic carboxylic acids is 1. The topological polar surface area (TPSA) is 69.6 Å². The standard InChI is InChI=1S/C21H24N2O3/c24-20(15-23-12-6-10-18(14-23)21(25)26)22-19-11-5-4-9-17(19)13-16-7-2-1-3-8-16/h1-5,7-9,11,18H,6,10,12-15H2,(H,22,24)(H,25,26). The van der Waals surface area contributed by atoms with Gasteiger partial charge in [0.2, 0.25) is 5.91 Å². The Morgan fingerprint density at radius 1 is 1.08 bits per heavy atom. The lowest BCUT2D eigenvalue weighted by Gasteiger charge is -2.30. The second-order valence-electron chi connectivity index (χ2n) is 6.78. The fraction of sp³-hybridized carbons (Fsp3) is 0.333. The molecule has 2 aromatic carbocycles. The predicted molar refractivity (Wildman–Crippen MR) is 101 cm³/mol. The summed E-state index contributed by atoms with van der Waals surface area (Å²) in [4.78, 5) is 25.6. The van der Waals surface area contributed by atoms with E-state index in [0.29, 0.717) is 13.0 Å². The zero-order chi connectivity index (χ0) is 18.4. The molecular weight excluding hydrogens is 328 g/mol. The molecule has 0 radical (unpaired) electrons. The van der Waals surface area contributed by atoms with Crippen molar-refractivity contribution >= 4 is 17.6 Å². The van der Waals surface area contributed by atoms with Gasteiger partial charge in [0.15, 0.2) is 0 Å². The van der Waals surface area contributed by atoms with Crippen LogP contribution in [-0.4, -0.2) is 41.5 Å². The monoisotopic (exact) mass is 352 g/mol. The van der Waals surface area contributed by atoms with Gasteiger partial charge in [-0.15, -0.1) is 0 Å². The van der Waals surface area contributed by atoms with E-state index in [4.69, 9.17) is 0 Å². The highest BCUT2D eigenvalue weighted by Gasteiger charge is 2.26. The number of benzene rings is 2. The molecule has 2 aromatic rings. The summed E-state index contributed by atoms with van der Waals surface area (Å²) in [6.07, 6.45) is 2.25. The van der Waals surface area contributed by atoms with Gasteiger partial charge in [-0.1, -0.05) is 48.5 Å². The molecule has 136 valence electrons. The molecule has 1 aliphatic heterocycles. The molecule has 0 aliphatic carbocycles. The molecule has 0 saturated carbocycles. The Hall–Kier alpha value is -2.66. The summed E-state index contributed by atoms with van der Waals surface area (Å²) in [5.41, 5.74) is 3.07. The maximum absolute atomic E-state index is 12.5. The smallest absolute Gasteiger partial charge is 0.307 e. The number of carboxylic acid groups (broad SMARTS) is 1. The van der Waals surface area contributed by atoms with Crippen LogP contribution in [0.25, 0.3) is 0 Å². The highest BCUT2D eigenvalue weighted by molar-refractivity contribution is 5.93. The summed E-state index contributed by atoms with van der Waals surface area (Å²) in [6.45, 7) is 1.43. The van der Waals surface area contributed by atoms with Crippen molar-refractivity contribution in [2.24, 2.45) is 5.92 Å². The molecule has 1 saturated heterocycles. The molecule has 1 atom stereocenters. The quantitative estimate of drug-likeness (QED) is 0.838. The second kappa shape index (κ2) is 8.63. The number of anilines is 1. The minimum Gasteiger partial charge on any atom is -0.481 e. The first-order valence-corrected chi connectivity index (χ1v) is 8.98. The molecule has 26 heavy (non-hydrogen) atoms. The highest BCUT2D eigenvalue weighted by atomic mass is 16.4. The molecule has 1 aliphatic rings. The average Bonchev–Trinajstić information content (AvgIpc) is 2.64. The van der Waals surface area contributed by atoms with Gasteiger partial charge in [-0.25, -0.2) is 0 Å². The zero-order valence-corrected chi connectivity index (χ0v) is 14.7. The summed E-state index contributed by atoms with van der Waals surface area (Å²) < 4.78 is 0. The van der Waals surface area contributed by atoms with Crippen molar-refractivity contribution < 1.29 is 14.7 Å². The van der Waals surface area contributed by atoms with E-state index in [1.165, 1.54) is 5.56 Å². The van der Waals surface area contributed by atoms with Gasteiger partial charge in [0, 0.05) is 12.2 Å². The first kappa shape index (κ1) is 18.1. The van der Waals surface area contributed by atoms with Gasteiger partial charge in [-0.2, -0.15) is 0 Å². The Morgan fingerprint density at radius 2 is 1.81 bits per heavy atom. The van der Waals surface area contributed by atoms with Crippen molar-refractivity contribution in [1.82, 2.24) is 4.90 Å². The van der Waals surface area contributed by atoms with E-state index < -0.39 is 5.97 Å². The van der Waals surface area contributed by atoms with Crippen molar-refractivity contribution in [3.05, 3.63) is 65.7 Å². The van der Waals surface area contributed by atoms with Crippen LogP contribution >= 0.6 is 0 Å². The molecular formula is C21H24N2O3. The molecule has 3 rings (SSSR count). The van der Waals surface area contributed by atoms with Gasteiger partial charge in [0.1, 0.15) is 0 Å². The molecule has 2 N–H and O–H groups in total. The highest BCUT2D eigenvalue weighted by Crippen LogP contribution is 2.20. The van der Waals surface area contributed by atoms with Gasteiger partial charge in [-0.05, 0) is 43.0 Å². The third-order valence-corrected chi connectivity index (χ3v) is 4.75. The van der Waals surface area contributed by atoms with Gasteiger partial charge < -0.3 is 10.4 Å². The Kier molecular flexibility index (Phi) is 6.02. The van der Waals surface area contributed by atoms with Crippen LogP contribution in [0.3, 0.4) is 0 Å². The van der Waals surface area contributed by atoms with E-state index in [-0.39, 0.29) is 18.4 Å². The number of likely N-dealkylation sites (tertiary alicyclic amines) is 1. The van der Waals surface area contributed by atoms with Crippen LogP contribution in [0.1, 0.15) is 24.0 Å². The maximum atomic E-state index is 12.5. The second-order valence-corrected chi connectivity index (χ2v) is 6.78. The number of carbonyl (C=O) groups is 2. The van der Waals surface area contributed by atoms with Crippen LogP contribution in [-0.2, 0) is 16.0 Å². The van der Waals surface area contributed by atoms with Gasteiger partial charge >= 0.3 is 5.97 Å². The van der Waals surface area contributed by atoms with Gasteiger partial charge in [0.25, 0.3) is 0 Å². The van der Waals surface area contributed by atoms with Crippen LogP contribution in [0.5, 0.6) is 0 Å². The van der Waals surface area contributed by atoms with Crippen LogP contribution < -0.4 is 5.32 Å². The number of piperidine rings is 1. The fourth-order valence-electron chi connectivity index (χ4n) is 3.41. The molecule has 5 heteroatoms. The number of hydrogen-bond acceptors (Lipinski definition) is 3. The van der Waals surface area contributed by atoms with Gasteiger partial charge in [0.05, 0.1) is 12.5 Å². The number of carbonyl (C=O) groups excluding carboxylic acids is 1. The average molecular weight is 352 g/mol. The summed E-state index contributed by atoms with van der Waals surface area (Å²) in [6, 6.07) is 17.9. The van der Waals surface area contributed by atoms with Crippen molar-refractivity contribution in [2.75, 3.05) is 25.0 Å². The zero-order valence-electron chi connectivity index (χ0n) is 14.7. The lowest BCUT2D eigenvalue weighted by atomic mass is 9.98. The first-order chi connectivity index (χ1) is 12.6. The lowest BCUT2D eigenvalue weighted by molar-refractivity contribution is -0.144. The minimum atomic E-state index is -0.775. The van der Waals surface area contributed by atoms with Crippen molar-refractivity contribution in [3.63, 3.8) is 0 Å². The van der Waals surface area contributed by atoms with Crippen LogP contribution in [0.2, 0.25) is 0 Å². The normalized spacial score (nSPS) is 17.6. The first-order valence-electron chi connectivity index (χ1n) is 8.98. The third kappa shape index (κ3) is 4.92. The third-order valence-electron chi connectivity index (χ3n) is 4.75. The number of para-hydroxylation sites is 1. The summed E-state index contributed by atoms with van der Waals surface area (Å²) >= 11 is 0. The van der Waals surface area contributed by atoms with Crippen LogP contribution in [0.4, 0.5) is 5.69 Å². The number of amides is 1. The molecule has 1 heterocycles. The summed E-state index contributed by atoms with van der Waals surface area (Å²) in [5, 5.41) is 12.2. The molecule has 1 fully saturated rings. The van der Waals surface area contributed by atoms with Crippen LogP contribution in [0.15, 0.2) is 54.6 Å². The molecule has 0 spiro atoms. The largest absolute Gasteiger partial charge is 0.481 e. The van der Waals surface area contributed by atoms with Crippen molar-refractivity contribution in [2.45, 2.75) is 19.3 Å².